The van der Waals surface area contributed by atoms with Crippen LogP contribution in [-0.4, -0.2) is 20.9 Å². The summed E-state index contributed by atoms with van der Waals surface area (Å²) >= 11 is 0. The fourth-order valence-corrected chi connectivity index (χ4v) is 2.18. The van der Waals surface area contributed by atoms with Gasteiger partial charge in [0.2, 0.25) is 11.8 Å². The molecular weight excluding hydrogens is 246 g/mol. The van der Waals surface area contributed by atoms with Crippen LogP contribution >= 0.6 is 0 Å². The maximum absolute atomic E-state index is 11.9. The first kappa shape index (κ1) is 11.6. The highest BCUT2D eigenvalue weighted by atomic mass is 16.7. The van der Waals surface area contributed by atoms with Crippen molar-refractivity contribution in [2.75, 3.05) is 0 Å². The first-order valence-corrected chi connectivity index (χ1v) is 6.03. The number of carbonyl (C=O) groups is 1. The summed E-state index contributed by atoms with van der Waals surface area (Å²) in [5.41, 5.74) is 1.10. The third-order valence-corrected chi connectivity index (χ3v) is 3.30. The van der Waals surface area contributed by atoms with E-state index in [0.717, 1.165) is 16.7 Å². The Balaban J connectivity index is 1.68. The van der Waals surface area contributed by atoms with Crippen LogP contribution in [0.15, 0.2) is 42.5 Å². The average Bonchev–Trinajstić information content (AvgIpc) is 3.17. The van der Waals surface area contributed by atoms with E-state index in [9.17, 15) is 15.0 Å². The second kappa shape index (κ2) is 4.35. The largest absolute Gasteiger partial charge is 0.492 e. The van der Waals surface area contributed by atoms with Crippen molar-refractivity contribution in [2.24, 2.45) is 5.92 Å². The molecule has 0 aliphatic heterocycles. The molecule has 2 atom stereocenters. The first-order chi connectivity index (χ1) is 9.16. The third kappa shape index (κ3) is 2.14. The Hall–Kier alpha value is -2.43. The molecule has 1 unspecified atom stereocenters. The zero-order valence-corrected chi connectivity index (χ0v) is 10.1. The minimum Gasteiger partial charge on any atom is -0.492 e. The van der Waals surface area contributed by atoms with Gasteiger partial charge in [0, 0.05) is 12.1 Å². The van der Waals surface area contributed by atoms with Crippen LogP contribution in [0, 0.1) is 5.92 Å². The van der Waals surface area contributed by atoms with E-state index in [1.807, 2.05) is 30.3 Å². The van der Waals surface area contributed by atoms with Crippen LogP contribution in [0.1, 0.15) is 17.9 Å². The molecule has 1 aromatic carbocycles. The van der Waals surface area contributed by atoms with Gasteiger partial charge in [-0.2, -0.15) is 0 Å². The van der Waals surface area contributed by atoms with Gasteiger partial charge in [0.15, 0.2) is 0 Å². The number of benzene rings is 1. The van der Waals surface area contributed by atoms with Crippen molar-refractivity contribution < 1.29 is 19.8 Å². The van der Waals surface area contributed by atoms with Crippen molar-refractivity contribution in [3.05, 3.63) is 48.0 Å². The predicted molar refractivity (Wildman–Crippen MR) is 66.6 cm³/mol. The van der Waals surface area contributed by atoms with Gasteiger partial charge in [0.25, 0.3) is 0 Å². The predicted octanol–water partition coefficient (Wildman–Crippen LogP) is 1.66. The summed E-state index contributed by atoms with van der Waals surface area (Å²) in [6.07, 6.45) is 0.728. The molecule has 1 aliphatic rings. The van der Waals surface area contributed by atoms with Gasteiger partial charge >= 0.3 is 5.97 Å². The molecule has 0 bridgehead atoms. The van der Waals surface area contributed by atoms with Crippen LogP contribution < -0.4 is 4.84 Å². The maximum atomic E-state index is 11.9. The number of aromatic nitrogens is 1. The molecule has 1 heterocycles. The van der Waals surface area contributed by atoms with E-state index >= 15 is 0 Å². The van der Waals surface area contributed by atoms with Crippen molar-refractivity contribution in [3.8, 4) is 11.8 Å². The molecule has 2 aromatic rings. The van der Waals surface area contributed by atoms with Gasteiger partial charge in [-0.25, -0.2) is 4.79 Å². The highest BCUT2D eigenvalue weighted by Gasteiger charge is 2.46. The summed E-state index contributed by atoms with van der Waals surface area (Å²) in [4.78, 5) is 16.9. The lowest BCUT2D eigenvalue weighted by molar-refractivity contribution is -0.147. The van der Waals surface area contributed by atoms with Gasteiger partial charge in [-0.1, -0.05) is 30.3 Å². The summed E-state index contributed by atoms with van der Waals surface area (Å²) in [6, 6.07) is 12.2. The molecule has 0 amide bonds. The summed E-state index contributed by atoms with van der Waals surface area (Å²) < 4.78 is 0.725. The van der Waals surface area contributed by atoms with Gasteiger partial charge < -0.3 is 15.1 Å². The van der Waals surface area contributed by atoms with Gasteiger partial charge in [0.05, 0.1) is 5.92 Å². The van der Waals surface area contributed by atoms with Crippen molar-refractivity contribution in [2.45, 2.75) is 12.3 Å². The van der Waals surface area contributed by atoms with Gasteiger partial charge in [-0.3, -0.25) is 0 Å². The Morgan fingerprint density at radius 3 is 2.37 bits per heavy atom. The highest BCUT2D eigenvalue weighted by Crippen LogP contribution is 2.47. The van der Waals surface area contributed by atoms with E-state index in [1.165, 1.54) is 12.1 Å². The minimum absolute atomic E-state index is 0.161. The van der Waals surface area contributed by atoms with E-state index in [4.69, 9.17) is 4.84 Å². The lowest BCUT2D eigenvalue weighted by Crippen LogP contribution is -2.21. The van der Waals surface area contributed by atoms with Crippen LogP contribution in [0.25, 0.3) is 0 Å². The molecule has 0 radical (unpaired) electrons. The molecule has 1 saturated carbocycles. The number of carbonyl (C=O) groups excluding carboxylic acids is 1. The van der Waals surface area contributed by atoms with Gasteiger partial charge in [-0.15, -0.1) is 4.73 Å². The molecule has 5 nitrogen and oxygen atoms in total. The molecule has 2 N–H and O–H groups in total. The topological polar surface area (TPSA) is 71.7 Å². The first-order valence-electron chi connectivity index (χ1n) is 6.03. The Morgan fingerprint density at radius 2 is 1.74 bits per heavy atom. The molecule has 0 saturated heterocycles. The Bertz CT molecular complexity index is 586. The molecule has 1 aliphatic carbocycles. The van der Waals surface area contributed by atoms with Crippen molar-refractivity contribution in [1.29, 1.82) is 0 Å². The van der Waals surface area contributed by atoms with Crippen LogP contribution in [0.5, 0.6) is 11.8 Å². The summed E-state index contributed by atoms with van der Waals surface area (Å²) in [6.45, 7) is 0. The van der Waals surface area contributed by atoms with Gasteiger partial charge in [-0.05, 0) is 17.9 Å². The van der Waals surface area contributed by atoms with Crippen molar-refractivity contribution in [1.82, 2.24) is 4.73 Å². The van der Waals surface area contributed by atoms with Crippen LogP contribution in [0.2, 0.25) is 0 Å². The number of nitrogens with zero attached hydrogens (tertiary/aromatic N) is 1. The highest BCUT2D eigenvalue weighted by molar-refractivity contribution is 5.77. The number of aromatic hydroxyl groups is 2. The van der Waals surface area contributed by atoms with E-state index in [1.54, 1.807) is 0 Å². The number of rotatable bonds is 3. The molecule has 98 valence electrons. The van der Waals surface area contributed by atoms with Crippen LogP contribution in [0.4, 0.5) is 0 Å². The van der Waals surface area contributed by atoms with E-state index < -0.39 is 5.97 Å². The standard InChI is InChI=1S/C14H13NO4/c16-12-6-7-13(17)15(12)19-14(18)11-8-10(11)9-4-2-1-3-5-9/h1-7,10-11,16-17H,8H2/t10?,11-/m1/s1. The maximum Gasteiger partial charge on any atom is 0.336 e. The van der Waals surface area contributed by atoms with Crippen molar-refractivity contribution in [3.63, 3.8) is 0 Å². The second-order valence-corrected chi connectivity index (χ2v) is 4.61. The third-order valence-electron chi connectivity index (χ3n) is 3.30. The fraction of sp³-hybridized carbons (Fsp3) is 0.214. The zero-order valence-electron chi connectivity index (χ0n) is 10.1. The van der Waals surface area contributed by atoms with Gasteiger partial charge in [0.1, 0.15) is 0 Å². The molecule has 5 heteroatoms. The molecular formula is C14H13NO4. The Kier molecular flexibility index (Phi) is 2.67. The monoisotopic (exact) mass is 259 g/mol. The second-order valence-electron chi connectivity index (χ2n) is 4.61. The molecule has 1 fully saturated rings. The minimum atomic E-state index is -0.448. The number of hydrogen-bond acceptors (Lipinski definition) is 4. The summed E-state index contributed by atoms with van der Waals surface area (Å²) in [5, 5.41) is 18.8. The van der Waals surface area contributed by atoms with E-state index in [2.05, 4.69) is 0 Å². The summed E-state index contributed by atoms with van der Waals surface area (Å²) in [5.74, 6) is -1.11. The van der Waals surface area contributed by atoms with Crippen molar-refractivity contribution >= 4 is 5.97 Å². The smallest absolute Gasteiger partial charge is 0.336 e. The molecule has 1 aromatic heterocycles. The normalized spacial score (nSPS) is 21.1. The van der Waals surface area contributed by atoms with E-state index in [0.29, 0.717) is 0 Å². The lowest BCUT2D eigenvalue weighted by Gasteiger charge is -2.06. The average molecular weight is 259 g/mol. The zero-order chi connectivity index (χ0) is 13.4. The van der Waals surface area contributed by atoms with Crippen LogP contribution in [0.3, 0.4) is 0 Å². The lowest BCUT2D eigenvalue weighted by atomic mass is 10.1. The molecule has 0 spiro atoms. The molecule has 3 rings (SSSR count). The quantitative estimate of drug-likeness (QED) is 0.879. The molecule has 19 heavy (non-hydrogen) atoms. The Labute approximate surface area is 109 Å². The van der Waals surface area contributed by atoms with Crippen LogP contribution in [-0.2, 0) is 4.79 Å². The summed E-state index contributed by atoms with van der Waals surface area (Å²) in [7, 11) is 0. The SMILES string of the molecule is O=C(On1c(O)ccc1O)[C@@H]1CC1c1ccccc1. The fourth-order valence-electron chi connectivity index (χ4n) is 2.18. The number of hydrogen-bond donors (Lipinski definition) is 2. The Morgan fingerprint density at radius 1 is 1.11 bits per heavy atom. The van der Waals surface area contributed by atoms with E-state index in [-0.39, 0.29) is 23.6 Å².